The number of hydrogen-bond acceptors (Lipinski definition) is 4. The number of anilines is 1. The number of carbonyl (C=O) groups excluding carboxylic acids is 2. The van der Waals surface area contributed by atoms with Gasteiger partial charge in [-0.1, -0.05) is 26.8 Å². The van der Waals surface area contributed by atoms with Gasteiger partial charge < -0.3 is 10.2 Å². The molecule has 6 nitrogen and oxygen atoms in total. The highest BCUT2D eigenvalue weighted by Crippen LogP contribution is 2.34. The van der Waals surface area contributed by atoms with Crippen molar-refractivity contribution in [2.24, 2.45) is 5.92 Å². The summed E-state index contributed by atoms with van der Waals surface area (Å²) in [5, 5.41) is 2.34. The fourth-order valence-corrected chi connectivity index (χ4v) is 3.26. The first-order valence-corrected chi connectivity index (χ1v) is 8.92. The zero-order chi connectivity index (χ0) is 20.6. The van der Waals surface area contributed by atoms with Crippen molar-refractivity contribution in [1.82, 2.24) is 14.9 Å². The average Bonchev–Trinajstić information content (AvgIpc) is 2.93. The van der Waals surface area contributed by atoms with Crippen LogP contribution in [0.25, 0.3) is 0 Å². The van der Waals surface area contributed by atoms with Gasteiger partial charge in [0.05, 0.1) is 11.4 Å². The van der Waals surface area contributed by atoms with Gasteiger partial charge in [-0.2, -0.15) is 0 Å². The van der Waals surface area contributed by atoms with Crippen LogP contribution in [0.2, 0.25) is 0 Å². The Hall–Kier alpha value is -2.90. The van der Waals surface area contributed by atoms with Gasteiger partial charge >= 0.3 is 0 Å². The first-order valence-electron chi connectivity index (χ1n) is 8.92. The molecule has 0 spiro atoms. The molecule has 1 aromatic carbocycles. The molecule has 0 aliphatic carbocycles. The van der Waals surface area contributed by atoms with Gasteiger partial charge in [-0.15, -0.1) is 0 Å². The maximum Gasteiger partial charge on any atom is 0.237 e. The van der Waals surface area contributed by atoms with Gasteiger partial charge in [0.1, 0.15) is 12.2 Å². The molecule has 28 heavy (non-hydrogen) atoms. The maximum atomic E-state index is 13.9. The molecule has 2 aromatic rings. The normalized spacial score (nSPS) is 19.8. The predicted octanol–water partition coefficient (Wildman–Crippen LogP) is 2.86. The Morgan fingerprint density at radius 1 is 1.25 bits per heavy atom. The van der Waals surface area contributed by atoms with Gasteiger partial charge in [0.2, 0.25) is 11.8 Å². The largest absolute Gasteiger partial charge is 0.344 e. The van der Waals surface area contributed by atoms with Gasteiger partial charge in [0.15, 0.2) is 11.6 Å². The van der Waals surface area contributed by atoms with Crippen molar-refractivity contribution >= 4 is 17.5 Å². The van der Waals surface area contributed by atoms with E-state index in [-0.39, 0.29) is 11.1 Å². The Balaban J connectivity index is 1.93. The van der Waals surface area contributed by atoms with Crippen LogP contribution in [0, 0.1) is 17.6 Å². The maximum absolute atomic E-state index is 13.9. The highest BCUT2D eigenvalue weighted by Gasteiger charge is 2.45. The number of rotatable bonds is 3. The number of likely N-dealkylation sites (N-methyl/N-ethyl adjacent to an activating group) is 1. The standard InChI is InChI=1S/C20H22F2N4O2/c1-20(2,3)15-8-14(23-10-24-15)11-9-26(4)19(28)16(11)18(27)25-13-7-5-6-12(21)17(13)22/h5-8,10-11,16H,9H2,1-4H3,(H,25,27)/t11-,16+/m1/s1. The molecule has 1 aromatic heterocycles. The lowest BCUT2D eigenvalue weighted by molar-refractivity contribution is -0.135. The molecule has 1 saturated heterocycles. The van der Waals surface area contributed by atoms with Crippen LogP contribution in [0.5, 0.6) is 0 Å². The number of likely N-dealkylation sites (tertiary alicyclic amines) is 1. The molecule has 1 aliphatic rings. The Morgan fingerprint density at radius 2 is 1.96 bits per heavy atom. The fourth-order valence-electron chi connectivity index (χ4n) is 3.26. The van der Waals surface area contributed by atoms with Crippen LogP contribution >= 0.6 is 0 Å². The molecule has 1 N–H and O–H groups in total. The second kappa shape index (κ2) is 7.26. The number of aromatic nitrogens is 2. The Labute approximate surface area is 162 Å². The number of halogens is 2. The lowest BCUT2D eigenvalue weighted by Gasteiger charge is -2.21. The first-order chi connectivity index (χ1) is 13.1. The fraction of sp³-hybridized carbons (Fsp3) is 0.400. The lowest BCUT2D eigenvalue weighted by atomic mass is 9.87. The van der Waals surface area contributed by atoms with E-state index in [1.165, 1.54) is 23.4 Å². The van der Waals surface area contributed by atoms with E-state index >= 15 is 0 Å². The van der Waals surface area contributed by atoms with Crippen molar-refractivity contribution < 1.29 is 18.4 Å². The van der Waals surface area contributed by atoms with E-state index in [2.05, 4.69) is 15.3 Å². The van der Waals surface area contributed by atoms with Crippen LogP contribution in [-0.2, 0) is 15.0 Å². The molecule has 2 amide bonds. The average molecular weight is 388 g/mol. The third-order valence-corrected chi connectivity index (χ3v) is 4.84. The summed E-state index contributed by atoms with van der Waals surface area (Å²) in [6.45, 7) is 6.30. The van der Waals surface area contributed by atoms with Gasteiger partial charge in [-0.3, -0.25) is 9.59 Å². The summed E-state index contributed by atoms with van der Waals surface area (Å²) in [6.07, 6.45) is 1.42. The molecule has 2 heterocycles. The number of nitrogens with zero attached hydrogens (tertiary/aromatic N) is 3. The minimum absolute atomic E-state index is 0.228. The van der Waals surface area contributed by atoms with Gasteiger partial charge in [0, 0.05) is 30.6 Å². The topological polar surface area (TPSA) is 75.2 Å². The van der Waals surface area contributed by atoms with E-state index in [9.17, 15) is 18.4 Å². The number of hydrogen-bond donors (Lipinski definition) is 1. The van der Waals surface area contributed by atoms with E-state index in [4.69, 9.17) is 0 Å². The minimum Gasteiger partial charge on any atom is -0.344 e. The van der Waals surface area contributed by atoms with E-state index in [1.54, 1.807) is 13.1 Å². The SMILES string of the molecule is CN1C[C@H](c2cc(C(C)(C)C)ncn2)[C@@H](C(=O)Nc2cccc(F)c2F)C1=O. The number of carbonyl (C=O) groups is 2. The lowest BCUT2D eigenvalue weighted by Crippen LogP contribution is -2.33. The van der Waals surface area contributed by atoms with Crippen molar-refractivity contribution in [1.29, 1.82) is 0 Å². The molecule has 3 rings (SSSR count). The second-order valence-electron chi connectivity index (χ2n) is 7.97. The zero-order valence-electron chi connectivity index (χ0n) is 16.2. The summed E-state index contributed by atoms with van der Waals surface area (Å²) >= 11 is 0. The summed E-state index contributed by atoms with van der Waals surface area (Å²) in [5.41, 5.74) is 0.825. The molecule has 8 heteroatoms. The van der Waals surface area contributed by atoms with E-state index in [0.29, 0.717) is 12.2 Å². The van der Waals surface area contributed by atoms with Crippen molar-refractivity contribution in [3.05, 3.63) is 53.6 Å². The van der Waals surface area contributed by atoms with Crippen LogP contribution in [0.15, 0.2) is 30.6 Å². The Morgan fingerprint density at radius 3 is 2.64 bits per heavy atom. The highest BCUT2D eigenvalue weighted by molar-refractivity contribution is 6.08. The van der Waals surface area contributed by atoms with Crippen molar-refractivity contribution in [3.63, 3.8) is 0 Å². The Bertz CT molecular complexity index is 927. The van der Waals surface area contributed by atoms with Crippen LogP contribution in [0.3, 0.4) is 0 Å². The molecule has 0 unspecified atom stereocenters. The smallest absolute Gasteiger partial charge is 0.237 e. The van der Waals surface area contributed by atoms with Gasteiger partial charge in [-0.05, 0) is 18.2 Å². The summed E-state index contributed by atoms with van der Waals surface area (Å²) in [6, 6.07) is 5.28. The number of benzene rings is 1. The molecule has 0 bridgehead atoms. The zero-order valence-corrected chi connectivity index (χ0v) is 16.2. The van der Waals surface area contributed by atoms with E-state index in [1.807, 2.05) is 20.8 Å². The summed E-state index contributed by atoms with van der Waals surface area (Å²) in [5.74, 6) is -4.93. The molecule has 148 valence electrons. The third-order valence-electron chi connectivity index (χ3n) is 4.84. The Kier molecular flexibility index (Phi) is 5.14. The minimum atomic E-state index is -1.16. The monoisotopic (exact) mass is 388 g/mol. The molecule has 0 saturated carbocycles. The van der Waals surface area contributed by atoms with E-state index < -0.39 is 35.3 Å². The quantitative estimate of drug-likeness (QED) is 0.821. The van der Waals surface area contributed by atoms with Crippen LogP contribution in [0.1, 0.15) is 38.1 Å². The predicted molar refractivity (Wildman–Crippen MR) is 99.6 cm³/mol. The van der Waals surface area contributed by atoms with Crippen LogP contribution in [-0.4, -0.2) is 40.3 Å². The van der Waals surface area contributed by atoms with Crippen molar-refractivity contribution in [3.8, 4) is 0 Å². The summed E-state index contributed by atoms with van der Waals surface area (Å²) in [7, 11) is 1.59. The van der Waals surface area contributed by atoms with Crippen LogP contribution < -0.4 is 5.32 Å². The second-order valence-corrected chi connectivity index (χ2v) is 7.97. The third kappa shape index (κ3) is 3.72. The molecule has 1 aliphatic heterocycles. The van der Waals surface area contributed by atoms with Gasteiger partial charge in [-0.25, -0.2) is 18.7 Å². The summed E-state index contributed by atoms with van der Waals surface area (Å²) < 4.78 is 27.3. The molecule has 2 atom stereocenters. The van der Waals surface area contributed by atoms with Crippen molar-refractivity contribution in [2.45, 2.75) is 32.1 Å². The first kappa shape index (κ1) is 19.9. The van der Waals surface area contributed by atoms with Crippen LogP contribution in [0.4, 0.5) is 14.5 Å². The molecular formula is C20H22F2N4O2. The number of nitrogens with one attached hydrogen (secondary N) is 1. The van der Waals surface area contributed by atoms with E-state index in [0.717, 1.165) is 11.8 Å². The molecule has 0 radical (unpaired) electrons. The summed E-state index contributed by atoms with van der Waals surface area (Å²) in [4.78, 5) is 35.4. The molecular weight excluding hydrogens is 366 g/mol. The van der Waals surface area contributed by atoms with Gasteiger partial charge in [0.25, 0.3) is 0 Å². The molecule has 1 fully saturated rings. The van der Waals surface area contributed by atoms with Crippen molar-refractivity contribution in [2.75, 3.05) is 18.9 Å². The number of amides is 2. The highest BCUT2D eigenvalue weighted by atomic mass is 19.2.